The van der Waals surface area contributed by atoms with Crippen LogP contribution in [0.2, 0.25) is 0 Å². The quantitative estimate of drug-likeness (QED) is 0.345. The lowest BCUT2D eigenvalue weighted by Crippen LogP contribution is -2.23. The van der Waals surface area contributed by atoms with Crippen molar-refractivity contribution < 1.29 is 9.47 Å². The number of ether oxygens (including phenoxy) is 2. The van der Waals surface area contributed by atoms with Gasteiger partial charge in [0.2, 0.25) is 0 Å². The molecule has 1 rings (SSSR count). The number of nitrogens with one attached hydrogen (secondary N) is 1. The molecule has 0 saturated carbocycles. The molecule has 0 atom stereocenters. The van der Waals surface area contributed by atoms with E-state index >= 15 is 0 Å². The lowest BCUT2D eigenvalue weighted by Gasteiger charge is -2.08. The third-order valence-electron chi connectivity index (χ3n) is 2.19. The van der Waals surface area contributed by atoms with E-state index in [9.17, 15) is 0 Å². The number of aliphatic imine (C=N–C) groups is 1. The summed E-state index contributed by atoms with van der Waals surface area (Å²) < 4.78 is 10.4. The first-order valence-corrected chi connectivity index (χ1v) is 5.94. The highest BCUT2D eigenvalue weighted by Crippen LogP contribution is 2.14. The molecule has 0 saturated heterocycles. The zero-order valence-corrected chi connectivity index (χ0v) is 13.9. The van der Waals surface area contributed by atoms with E-state index in [2.05, 4.69) is 10.3 Å². The molecule has 19 heavy (non-hydrogen) atoms. The van der Waals surface area contributed by atoms with Crippen LogP contribution in [0.3, 0.4) is 0 Å². The zero-order chi connectivity index (χ0) is 13.4. The van der Waals surface area contributed by atoms with Crippen LogP contribution in [0.4, 0.5) is 5.69 Å². The Kier molecular flexibility index (Phi) is 9.32. The van der Waals surface area contributed by atoms with E-state index in [1.165, 1.54) is 0 Å². The first-order valence-electron chi connectivity index (χ1n) is 5.94. The minimum atomic E-state index is 0. The zero-order valence-electron chi connectivity index (χ0n) is 11.6. The summed E-state index contributed by atoms with van der Waals surface area (Å²) >= 11 is 0. The van der Waals surface area contributed by atoms with Crippen LogP contribution in [0.1, 0.15) is 13.8 Å². The van der Waals surface area contributed by atoms with Crippen molar-refractivity contribution >= 4 is 35.6 Å². The Bertz CT molecular complexity index is 380. The van der Waals surface area contributed by atoms with Crippen LogP contribution in [0.15, 0.2) is 29.3 Å². The summed E-state index contributed by atoms with van der Waals surface area (Å²) in [5.74, 6) is 1.19. The average Bonchev–Trinajstić information content (AvgIpc) is 2.35. The van der Waals surface area contributed by atoms with Crippen LogP contribution in [0, 0.1) is 0 Å². The molecule has 0 bridgehead atoms. The van der Waals surface area contributed by atoms with Crippen LogP contribution >= 0.6 is 24.0 Å². The molecule has 1 aromatic rings. The van der Waals surface area contributed by atoms with Gasteiger partial charge in [0, 0.05) is 5.69 Å². The molecule has 0 radical (unpaired) electrons. The van der Waals surface area contributed by atoms with Crippen LogP contribution in [0.25, 0.3) is 0 Å². The van der Waals surface area contributed by atoms with Crippen LogP contribution < -0.4 is 15.8 Å². The normalized spacial score (nSPS) is 11.1. The van der Waals surface area contributed by atoms with Crippen molar-refractivity contribution in [3.05, 3.63) is 24.3 Å². The van der Waals surface area contributed by atoms with E-state index in [0.717, 1.165) is 11.4 Å². The van der Waals surface area contributed by atoms with Gasteiger partial charge < -0.3 is 20.5 Å². The highest BCUT2D eigenvalue weighted by atomic mass is 127. The number of anilines is 1. The number of hydrogen-bond acceptors (Lipinski definition) is 3. The van der Waals surface area contributed by atoms with E-state index in [1.54, 1.807) is 7.11 Å². The summed E-state index contributed by atoms with van der Waals surface area (Å²) in [7, 11) is 1.63. The Hall–Kier alpha value is -1.02. The number of hydrogen-bond donors (Lipinski definition) is 2. The minimum absolute atomic E-state index is 0. The van der Waals surface area contributed by atoms with Gasteiger partial charge in [0.15, 0.2) is 5.96 Å². The second kappa shape index (κ2) is 9.85. The second-order valence-electron chi connectivity index (χ2n) is 4.04. The Balaban J connectivity index is 0.00000324. The standard InChI is InChI=1S/C13H21N3O2.HI/c1-10(2)18-9-8-15-13(14)16-11-4-6-12(17-3)7-5-11;/h4-7,10H,8-9H2,1-3H3,(H3,14,15,16);1H. The highest BCUT2D eigenvalue weighted by Gasteiger charge is 1.96. The van der Waals surface area contributed by atoms with Crippen molar-refractivity contribution in [3.8, 4) is 5.75 Å². The number of methoxy groups -OCH3 is 1. The van der Waals surface area contributed by atoms with E-state index in [0.29, 0.717) is 19.1 Å². The average molecular weight is 379 g/mol. The van der Waals surface area contributed by atoms with Crippen molar-refractivity contribution in [1.82, 2.24) is 0 Å². The van der Waals surface area contributed by atoms with E-state index in [4.69, 9.17) is 15.2 Å². The molecule has 1 aromatic carbocycles. The van der Waals surface area contributed by atoms with Gasteiger partial charge >= 0.3 is 0 Å². The molecule has 108 valence electrons. The number of rotatable bonds is 6. The van der Waals surface area contributed by atoms with Gasteiger partial charge in [0.05, 0.1) is 26.4 Å². The third kappa shape index (κ3) is 7.89. The van der Waals surface area contributed by atoms with Gasteiger partial charge in [-0.3, -0.25) is 4.99 Å². The summed E-state index contributed by atoms with van der Waals surface area (Å²) in [5, 5.41) is 3.00. The molecule has 0 fully saturated rings. The van der Waals surface area contributed by atoms with E-state index in [-0.39, 0.29) is 30.1 Å². The Morgan fingerprint density at radius 3 is 2.47 bits per heavy atom. The minimum Gasteiger partial charge on any atom is -0.497 e. The fraction of sp³-hybridized carbons (Fsp3) is 0.462. The molecule has 0 amide bonds. The number of nitrogens with zero attached hydrogens (tertiary/aromatic N) is 1. The summed E-state index contributed by atoms with van der Waals surface area (Å²) in [6.07, 6.45) is 0.218. The maximum atomic E-state index is 5.75. The largest absolute Gasteiger partial charge is 0.497 e. The number of benzene rings is 1. The number of nitrogens with two attached hydrogens (primary N) is 1. The van der Waals surface area contributed by atoms with Crippen molar-refractivity contribution in [1.29, 1.82) is 0 Å². The van der Waals surface area contributed by atoms with Crippen LogP contribution in [0.5, 0.6) is 5.75 Å². The van der Waals surface area contributed by atoms with Crippen molar-refractivity contribution in [3.63, 3.8) is 0 Å². The molecule has 0 aliphatic rings. The highest BCUT2D eigenvalue weighted by molar-refractivity contribution is 14.0. The molecule has 0 aliphatic carbocycles. The molecule has 3 N–H and O–H groups in total. The molecule has 5 nitrogen and oxygen atoms in total. The SMILES string of the molecule is COc1ccc(NC(N)=NCCOC(C)C)cc1.I. The first-order chi connectivity index (χ1) is 8.61. The Labute approximate surface area is 131 Å². The molecule has 0 aromatic heterocycles. The van der Waals surface area contributed by atoms with Gasteiger partial charge in [-0.05, 0) is 38.1 Å². The molecule has 0 unspecified atom stereocenters. The van der Waals surface area contributed by atoms with E-state index < -0.39 is 0 Å². The topological polar surface area (TPSA) is 68.9 Å². The molecule has 0 spiro atoms. The fourth-order valence-corrected chi connectivity index (χ4v) is 1.32. The molecule has 0 heterocycles. The summed E-state index contributed by atoms with van der Waals surface area (Å²) in [6, 6.07) is 7.48. The lowest BCUT2D eigenvalue weighted by atomic mass is 10.3. The number of guanidine groups is 1. The third-order valence-corrected chi connectivity index (χ3v) is 2.19. The van der Waals surface area contributed by atoms with Gasteiger partial charge in [-0.2, -0.15) is 0 Å². The van der Waals surface area contributed by atoms with Crippen molar-refractivity contribution in [2.75, 3.05) is 25.6 Å². The van der Waals surface area contributed by atoms with Crippen LogP contribution in [-0.4, -0.2) is 32.3 Å². The Morgan fingerprint density at radius 2 is 1.95 bits per heavy atom. The fourth-order valence-electron chi connectivity index (χ4n) is 1.32. The van der Waals surface area contributed by atoms with Gasteiger partial charge in [-0.15, -0.1) is 24.0 Å². The van der Waals surface area contributed by atoms with Gasteiger partial charge in [0.25, 0.3) is 0 Å². The molecule has 0 aliphatic heterocycles. The summed E-state index contributed by atoms with van der Waals surface area (Å²) in [4.78, 5) is 4.16. The molecular weight excluding hydrogens is 357 g/mol. The summed E-state index contributed by atoms with van der Waals surface area (Å²) in [6.45, 7) is 5.10. The monoisotopic (exact) mass is 379 g/mol. The van der Waals surface area contributed by atoms with Gasteiger partial charge in [-0.25, -0.2) is 0 Å². The number of halogens is 1. The van der Waals surface area contributed by atoms with Gasteiger partial charge in [-0.1, -0.05) is 0 Å². The maximum Gasteiger partial charge on any atom is 0.193 e. The maximum absolute atomic E-state index is 5.75. The second-order valence-corrected chi connectivity index (χ2v) is 4.04. The van der Waals surface area contributed by atoms with Crippen molar-refractivity contribution in [2.45, 2.75) is 20.0 Å². The molecule has 6 heteroatoms. The van der Waals surface area contributed by atoms with E-state index in [1.807, 2.05) is 38.1 Å². The summed E-state index contributed by atoms with van der Waals surface area (Å²) in [5.41, 5.74) is 6.62. The lowest BCUT2D eigenvalue weighted by molar-refractivity contribution is 0.0853. The predicted octanol–water partition coefficient (Wildman–Crippen LogP) is 2.46. The first kappa shape index (κ1) is 18.0. The van der Waals surface area contributed by atoms with Gasteiger partial charge in [0.1, 0.15) is 5.75 Å². The Morgan fingerprint density at radius 1 is 1.32 bits per heavy atom. The van der Waals surface area contributed by atoms with Crippen LogP contribution in [-0.2, 0) is 4.74 Å². The smallest absolute Gasteiger partial charge is 0.193 e. The predicted molar refractivity (Wildman–Crippen MR) is 89.6 cm³/mol. The van der Waals surface area contributed by atoms with Crippen molar-refractivity contribution in [2.24, 2.45) is 10.7 Å². The molecular formula is C13H22IN3O2.